The molecular formula is C30H36N4O5S2. The highest BCUT2D eigenvalue weighted by atomic mass is 32.2. The Hall–Kier alpha value is -3.33. The summed E-state index contributed by atoms with van der Waals surface area (Å²) in [7, 11) is 3.18. The third-order valence-electron chi connectivity index (χ3n) is 7.23. The van der Waals surface area contributed by atoms with Crippen molar-refractivity contribution in [1.82, 2.24) is 9.47 Å². The Morgan fingerprint density at radius 2 is 1.83 bits per heavy atom. The lowest BCUT2D eigenvalue weighted by Crippen LogP contribution is -2.48. The minimum atomic E-state index is -0.312. The second-order valence-electron chi connectivity index (χ2n) is 10.2. The average Bonchev–Trinajstić information content (AvgIpc) is 3.21. The second kappa shape index (κ2) is 13.1. The predicted molar refractivity (Wildman–Crippen MR) is 166 cm³/mol. The number of methoxy groups -OCH3 is 2. The highest BCUT2D eigenvalue weighted by Gasteiger charge is 2.34. The molecule has 1 aromatic heterocycles. The van der Waals surface area contributed by atoms with Gasteiger partial charge < -0.3 is 19.1 Å². The van der Waals surface area contributed by atoms with Crippen molar-refractivity contribution < 1.29 is 19.0 Å². The summed E-state index contributed by atoms with van der Waals surface area (Å²) < 4.78 is 18.8. The first-order chi connectivity index (χ1) is 19.6. The van der Waals surface area contributed by atoms with Crippen LogP contribution in [0.15, 0.2) is 27.9 Å². The lowest BCUT2D eigenvalue weighted by molar-refractivity contribution is -0.122. The Bertz CT molecular complexity index is 1470. The fraction of sp³-hybridized carbons (Fsp3) is 0.467. The number of thiocarbonyl (C=S) groups is 1. The molecule has 2 aliphatic rings. The first-order valence-electron chi connectivity index (χ1n) is 13.7. The number of carbonyl (C=O) groups excluding carboxylic acids is 1. The summed E-state index contributed by atoms with van der Waals surface area (Å²) in [4.78, 5) is 31.3. The summed E-state index contributed by atoms with van der Waals surface area (Å²) in [6.07, 6.45) is 3.02. The van der Waals surface area contributed by atoms with Crippen LogP contribution >= 0.6 is 24.0 Å². The fourth-order valence-electron chi connectivity index (χ4n) is 5.37. The zero-order valence-electron chi connectivity index (χ0n) is 24.4. The number of aromatic nitrogens is 1. The van der Waals surface area contributed by atoms with E-state index in [1.807, 2.05) is 39.0 Å². The van der Waals surface area contributed by atoms with E-state index in [0.717, 1.165) is 5.56 Å². The number of rotatable bonds is 9. The molecule has 3 heterocycles. The Morgan fingerprint density at radius 1 is 1.15 bits per heavy atom. The molecule has 2 aromatic rings. The number of anilines is 1. The van der Waals surface area contributed by atoms with Crippen molar-refractivity contribution in [3.05, 3.63) is 55.7 Å². The molecule has 1 amide bonds. The zero-order chi connectivity index (χ0) is 29.8. The molecule has 2 aliphatic heterocycles. The van der Waals surface area contributed by atoms with E-state index in [0.29, 0.717) is 76.7 Å². The molecule has 1 aromatic carbocycles. The van der Waals surface area contributed by atoms with E-state index in [1.54, 1.807) is 36.7 Å². The van der Waals surface area contributed by atoms with E-state index in [1.165, 1.54) is 11.8 Å². The first-order valence-corrected chi connectivity index (χ1v) is 14.9. The van der Waals surface area contributed by atoms with Crippen molar-refractivity contribution in [1.29, 1.82) is 5.26 Å². The summed E-state index contributed by atoms with van der Waals surface area (Å²) in [6.45, 7) is 9.82. The lowest BCUT2D eigenvalue weighted by atomic mass is 10.0. The molecule has 2 fully saturated rings. The van der Waals surface area contributed by atoms with Gasteiger partial charge in [0.25, 0.3) is 11.5 Å². The van der Waals surface area contributed by atoms with Crippen molar-refractivity contribution in [3.63, 3.8) is 0 Å². The number of carbonyl (C=O) groups is 1. The third kappa shape index (κ3) is 6.30. The summed E-state index contributed by atoms with van der Waals surface area (Å²) in [5, 5.41) is 9.91. The number of hydrogen-bond donors (Lipinski definition) is 0. The number of nitriles is 1. The molecule has 41 heavy (non-hydrogen) atoms. The summed E-state index contributed by atoms with van der Waals surface area (Å²) >= 11 is 6.86. The van der Waals surface area contributed by atoms with Crippen molar-refractivity contribution in [2.75, 3.05) is 38.8 Å². The van der Waals surface area contributed by atoms with E-state index in [2.05, 4.69) is 11.0 Å². The van der Waals surface area contributed by atoms with Gasteiger partial charge in [0.1, 0.15) is 21.8 Å². The van der Waals surface area contributed by atoms with Crippen LogP contribution < -0.4 is 19.9 Å². The SMILES string of the molecule is CCCn1c(N2CC(C)OC(C)C2)c(/C=C2\SC(=S)N(CCc3ccc(OC)c(OC)c3)C2=O)c(C)c(C#N)c1=O. The maximum atomic E-state index is 13.6. The van der Waals surface area contributed by atoms with Crippen LogP contribution in [0.5, 0.6) is 11.5 Å². The normalized spacial score (nSPS) is 20.1. The Labute approximate surface area is 250 Å². The Balaban J connectivity index is 1.72. The van der Waals surface area contributed by atoms with Gasteiger partial charge in [-0.3, -0.25) is 19.1 Å². The van der Waals surface area contributed by atoms with Crippen molar-refractivity contribution in [3.8, 4) is 17.6 Å². The van der Waals surface area contributed by atoms with Gasteiger partial charge >= 0.3 is 0 Å². The summed E-state index contributed by atoms with van der Waals surface area (Å²) in [6, 6.07) is 7.78. The fourth-order valence-corrected chi connectivity index (χ4v) is 6.66. The average molecular weight is 597 g/mol. The van der Waals surface area contributed by atoms with Gasteiger partial charge in [-0.2, -0.15) is 5.26 Å². The molecule has 9 nitrogen and oxygen atoms in total. The quantitative estimate of drug-likeness (QED) is 0.306. The largest absolute Gasteiger partial charge is 0.493 e. The standard InChI is InChI=1S/C30H36N4O5S2/c1-7-11-33-27(32-16-18(2)39-19(3)17-32)22(20(4)23(15-31)28(33)35)14-26-29(36)34(30(40)41-26)12-10-21-8-9-24(37-5)25(13-21)38-6/h8-9,13-14,18-19H,7,10-12,16-17H2,1-6H3/b26-14-. The van der Waals surface area contributed by atoms with E-state index < -0.39 is 0 Å². The topological polar surface area (TPSA) is 97.0 Å². The number of hydrogen-bond acceptors (Lipinski definition) is 9. The van der Waals surface area contributed by atoms with Crippen LogP contribution in [0.4, 0.5) is 5.82 Å². The van der Waals surface area contributed by atoms with Gasteiger partial charge in [-0.15, -0.1) is 0 Å². The highest BCUT2D eigenvalue weighted by molar-refractivity contribution is 8.26. The van der Waals surface area contributed by atoms with Crippen LogP contribution in [0.2, 0.25) is 0 Å². The molecule has 0 spiro atoms. The van der Waals surface area contributed by atoms with Gasteiger partial charge in [0.05, 0.1) is 31.3 Å². The van der Waals surface area contributed by atoms with E-state index >= 15 is 0 Å². The molecule has 2 atom stereocenters. The number of ether oxygens (including phenoxy) is 3. The first kappa shape index (κ1) is 30.6. The smallest absolute Gasteiger partial charge is 0.270 e. The van der Waals surface area contributed by atoms with Crippen LogP contribution in [0.25, 0.3) is 6.08 Å². The van der Waals surface area contributed by atoms with E-state index in [9.17, 15) is 14.9 Å². The Kier molecular flexibility index (Phi) is 9.79. The molecule has 11 heteroatoms. The van der Waals surface area contributed by atoms with Crippen LogP contribution in [0, 0.1) is 18.3 Å². The van der Waals surface area contributed by atoms with Gasteiger partial charge in [-0.05, 0) is 62.9 Å². The van der Waals surface area contributed by atoms with E-state index in [-0.39, 0.29) is 29.2 Å². The number of morpholine rings is 1. The highest BCUT2D eigenvalue weighted by Crippen LogP contribution is 2.37. The molecule has 0 N–H and O–H groups in total. The Morgan fingerprint density at radius 3 is 2.44 bits per heavy atom. The molecule has 2 saturated heterocycles. The maximum absolute atomic E-state index is 13.6. The van der Waals surface area contributed by atoms with Crippen molar-refractivity contribution >= 4 is 46.1 Å². The second-order valence-corrected chi connectivity index (χ2v) is 11.9. The van der Waals surface area contributed by atoms with Crippen LogP contribution in [-0.2, 0) is 22.5 Å². The zero-order valence-corrected chi connectivity index (χ0v) is 26.0. The number of benzene rings is 1. The van der Waals surface area contributed by atoms with E-state index in [4.69, 9.17) is 26.4 Å². The van der Waals surface area contributed by atoms with Gasteiger partial charge in [0.15, 0.2) is 11.5 Å². The van der Waals surface area contributed by atoms with Gasteiger partial charge in [-0.25, -0.2) is 0 Å². The summed E-state index contributed by atoms with van der Waals surface area (Å²) in [5.74, 6) is 1.79. The van der Waals surface area contributed by atoms with Gasteiger partial charge in [-0.1, -0.05) is 37.0 Å². The number of pyridine rings is 1. The van der Waals surface area contributed by atoms with Crippen LogP contribution in [-0.4, -0.2) is 65.8 Å². The predicted octanol–water partition coefficient (Wildman–Crippen LogP) is 4.51. The lowest BCUT2D eigenvalue weighted by Gasteiger charge is -2.39. The van der Waals surface area contributed by atoms with Crippen molar-refractivity contribution in [2.45, 2.75) is 59.3 Å². The monoisotopic (exact) mass is 596 g/mol. The van der Waals surface area contributed by atoms with Gasteiger partial charge in [0, 0.05) is 31.7 Å². The molecule has 2 unspecified atom stereocenters. The van der Waals surface area contributed by atoms with Crippen molar-refractivity contribution in [2.24, 2.45) is 0 Å². The third-order valence-corrected chi connectivity index (χ3v) is 8.61. The number of thioether (sulfide) groups is 1. The molecule has 0 bridgehead atoms. The number of nitrogens with zero attached hydrogens (tertiary/aromatic N) is 4. The summed E-state index contributed by atoms with van der Waals surface area (Å²) in [5.41, 5.74) is 2.01. The minimum Gasteiger partial charge on any atom is -0.493 e. The molecule has 0 aliphatic carbocycles. The molecule has 0 radical (unpaired) electrons. The molecule has 218 valence electrons. The molecule has 0 saturated carbocycles. The van der Waals surface area contributed by atoms with Crippen LogP contribution in [0.1, 0.15) is 49.4 Å². The minimum absolute atomic E-state index is 0.0393. The maximum Gasteiger partial charge on any atom is 0.270 e. The number of amides is 1. The molecular weight excluding hydrogens is 560 g/mol. The molecule has 4 rings (SSSR count). The van der Waals surface area contributed by atoms with Crippen LogP contribution in [0.3, 0.4) is 0 Å². The van der Waals surface area contributed by atoms with Gasteiger partial charge in [0.2, 0.25) is 0 Å².